The Bertz CT molecular complexity index is 427. The monoisotopic (exact) mass is 277 g/mol. The molecule has 0 atom stereocenters. The van der Waals surface area contributed by atoms with Gasteiger partial charge in [0.25, 0.3) is 0 Å². The zero-order chi connectivity index (χ0) is 14.2. The number of aromatic hydroxyl groups is 1. The maximum absolute atomic E-state index is 11.7. The molecule has 2 N–H and O–H groups in total. The van der Waals surface area contributed by atoms with Crippen molar-refractivity contribution in [3.63, 3.8) is 0 Å². The van der Waals surface area contributed by atoms with Crippen LogP contribution in [-0.2, 0) is 16.0 Å². The van der Waals surface area contributed by atoms with Crippen molar-refractivity contribution in [2.75, 3.05) is 13.2 Å². The normalized spacial score (nSPS) is 16.0. The van der Waals surface area contributed by atoms with Gasteiger partial charge >= 0.3 is 0 Å². The maximum atomic E-state index is 11.7. The van der Waals surface area contributed by atoms with Gasteiger partial charge in [0.2, 0.25) is 5.91 Å². The first kappa shape index (κ1) is 14.9. The van der Waals surface area contributed by atoms with Crippen LogP contribution in [0.4, 0.5) is 0 Å². The van der Waals surface area contributed by atoms with Gasteiger partial charge in [-0.15, -0.1) is 0 Å². The fourth-order valence-electron chi connectivity index (χ4n) is 2.53. The lowest BCUT2D eigenvalue weighted by Crippen LogP contribution is -2.31. The first-order valence-corrected chi connectivity index (χ1v) is 7.40. The summed E-state index contributed by atoms with van der Waals surface area (Å²) in [6.45, 7) is 0.723. The lowest BCUT2D eigenvalue weighted by Gasteiger charge is -2.21. The Labute approximate surface area is 120 Å². The number of nitrogens with one attached hydrogen (secondary N) is 1. The Morgan fingerprint density at radius 3 is 2.85 bits per heavy atom. The molecule has 110 valence electrons. The summed E-state index contributed by atoms with van der Waals surface area (Å²) >= 11 is 0. The van der Waals surface area contributed by atoms with Crippen molar-refractivity contribution in [3.8, 4) is 5.75 Å². The van der Waals surface area contributed by atoms with E-state index in [0.717, 1.165) is 18.4 Å². The quantitative estimate of drug-likeness (QED) is 0.839. The van der Waals surface area contributed by atoms with Crippen molar-refractivity contribution in [2.24, 2.45) is 0 Å². The summed E-state index contributed by atoms with van der Waals surface area (Å²) in [6.07, 6.45) is 6.85. The molecule has 20 heavy (non-hydrogen) atoms. The van der Waals surface area contributed by atoms with Crippen molar-refractivity contribution >= 4 is 5.91 Å². The molecule has 1 aliphatic rings. The van der Waals surface area contributed by atoms with Crippen LogP contribution in [0.3, 0.4) is 0 Å². The third-order valence-corrected chi connectivity index (χ3v) is 3.65. The minimum Gasteiger partial charge on any atom is -0.508 e. The lowest BCUT2D eigenvalue weighted by atomic mass is 9.98. The molecular weight excluding hydrogens is 254 g/mol. The van der Waals surface area contributed by atoms with E-state index in [1.165, 1.54) is 19.3 Å². The van der Waals surface area contributed by atoms with Crippen LogP contribution in [0.2, 0.25) is 0 Å². The van der Waals surface area contributed by atoms with Gasteiger partial charge in [0, 0.05) is 6.54 Å². The van der Waals surface area contributed by atoms with Crippen LogP contribution in [-0.4, -0.2) is 30.3 Å². The van der Waals surface area contributed by atoms with Gasteiger partial charge in [0.05, 0.1) is 6.10 Å². The van der Waals surface area contributed by atoms with Crippen LogP contribution < -0.4 is 5.32 Å². The van der Waals surface area contributed by atoms with Crippen molar-refractivity contribution in [1.29, 1.82) is 0 Å². The van der Waals surface area contributed by atoms with E-state index >= 15 is 0 Å². The molecule has 0 heterocycles. The molecule has 1 aromatic rings. The summed E-state index contributed by atoms with van der Waals surface area (Å²) in [5, 5.41) is 12.2. The Hall–Kier alpha value is -1.55. The highest BCUT2D eigenvalue weighted by Crippen LogP contribution is 2.19. The third-order valence-electron chi connectivity index (χ3n) is 3.65. The molecule has 0 unspecified atom stereocenters. The highest BCUT2D eigenvalue weighted by molar-refractivity contribution is 5.77. The minimum atomic E-state index is -0.0595. The fraction of sp³-hybridized carbons (Fsp3) is 0.562. The van der Waals surface area contributed by atoms with Crippen molar-refractivity contribution < 1.29 is 14.6 Å². The summed E-state index contributed by atoms with van der Waals surface area (Å²) in [6, 6.07) is 7.09. The smallest absolute Gasteiger partial charge is 0.246 e. The second-order valence-corrected chi connectivity index (χ2v) is 5.34. The number of carbonyl (C=O) groups is 1. The zero-order valence-corrected chi connectivity index (χ0v) is 11.8. The summed E-state index contributed by atoms with van der Waals surface area (Å²) in [5.74, 6) is 0.199. The summed E-state index contributed by atoms with van der Waals surface area (Å²) < 4.78 is 5.61. The number of carbonyl (C=O) groups excluding carboxylic acids is 1. The van der Waals surface area contributed by atoms with Gasteiger partial charge in [-0.25, -0.2) is 0 Å². The molecule has 2 rings (SSSR count). The van der Waals surface area contributed by atoms with E-state index in [4.69, 9.17) is 4.74 Å². The van der Waals surface area contributed by atoms with Gasteiger partial charge in [-0.1, -0.05) is 31.4 Å². The predicted molar refractivity (Wildman–Crippen MR) is 77.6 cm³/mol. The minimum absolute atomic E-state index is 0.0595. The molecule has 0 aromatic heterocycles. The molecule has 0 saturated heterocycles. The molecule has 1 amide bonds. The molecule has 1 aliphatic carbocycles. The number of phenolic OH excluding ortho intramolecular Hbond substituents is 1. The van der Waals surface area contributed by atoms with Crippen LogP contribution >= 0.6 is 0 Å². The number of rotatable bonds is 6. The van der Waals surface area contributed by atoms with Gasteiger partial charge < -0.3 is 15.2 Å². The second kappa shape index (κ2) is 7.90. The fourth-order valence-corrected chi connectivity index (χ4v) is 2.53. The van der Waals surface area contributed by atoms with E-state index in [0.29, 0.717) is 13.0 Å². The largest absolute Gasteiger partial charge is 0.508 e. The van der Waals surface area contributed by atoms with E-state index in [-0.39, 0.29) is 24.4 Å². The van der Waals surface area contributed by atoms with Crippen LogP contribution in [0, 0.1) is 0 Å². The number of hydrogen-bond acceptors (Lipinski definition) is 3. The highest BCUT2D eigenvalue weighted by atomic mass is 16.5. The molecule has 1 fully saturated rings. The number of amides is 1. The van der Waals surface area contributed by atoms with Crippen molar-refractivity contribution in [1.82, 2.24) is 5.32 Å². The SMILES string of the molecule is O=C(COC1CCCCC1)NCCc1cccc(O)c1. The first-order chi connectivity index (χ1) is 9.74. The van der Waals surface area contributed by atoms with E-state index in [1.54, 1.807) is 18.2 Å². The number of benzene rings is 1. The molecule has 0 radical (unpaired) electrons. The number of phenols is 1. The molecule has 0 aliphatic heterocycles. The van der Waals surface area contributed by atoms with Gasteiger partial charge in [-0.05, 0) is 37.0 Å². The van der Waals surface area contributed by atoms with Gasteiger partial charge in [0.1, 0.15) is 12.4 Å². The van der Waals surface area contributed by atoms with E-state index in [1.807, 2.05) is 6.07 Å². The molecule has 4 heteroatoms. The van der Waals surface area contributed by atoms with Crippen LogP contribution in [0.5, 0.6) is 5.75 Å². The topological polar surface area (TPSA) is 58.6 Å². The summed E-state index contributed by atoms with van der Waals surface area (Å²) in [4.78, 5) is 11.7. The Kier molecular flexibility index (Phi) is 5.87. The van der Waals surface area contributed by atoms with Crippen LogP contribution in [0.25, 0.3) is 0 Å². The summed E-state index contributed by atoms with van der Waals surface area (Å²) in [5.41, 5.74) is 1.01. The molecule has 0 bridgehead atoms. The van der Waals surface area contributed by atoms with Gasteiger partial charge in [-0.3, -0.25) is 4.79 Å². The molecule has 1 saturated carbocycles. The number of ether oxygens (including phenoxy) is 1. The predicted octanol–water partition coefficient (Wildman–Crippen LogP) is 2.40. The Morgan fingerprint density at radius 1 is 1.30 bits per heavy atom. The molecule has 0 spiro atoms. The van der Waals surface area contributed by atoms with Crippen molar-refractivity contribution in [2.45, 2.75) is 44.6 Å². The molecule has 1 aromatic carbocycles. The number of hydrogen-bond donors (Lipinski definition) is 2. The van der Waals surface area contributed by atoms with E-state index in [9.17, 15) is 9.90 Å². The lowest BCUT2D eigenvalue weighted by molar-refractivity contribution is -0.128. The third kappa shape index (κ3) is 5.21. The van der Waals surface area contributed by atoms with Gasteiger partial charge in [0.15, 0.2) is 0 Å². The molecule has 4 nitrogen and oxygen atoms in total. The van der Waals surface area contributed by atoms with Crippen LogP contribution in [0.1, 0.15) is 37.7 Å². The van der Waals surface area contributed by atoms with Gasteiger partial charge in [-0.2, -0.15) is 0 Å². The average molecular weight is 277 g/mol. The molecular formula is C16H23NO3. The summed E-state index contributed by atoms with van der Waals surface area (Å²) in [7, 11) is 0. The van der Waals surface area contributed by atoms with E-state index in [2.05, 4.69) is 5.32 Å². The first-order valence-electron chi connectivity index (χ1n) is 7.40. The maximum Gasteiger partial charge on any atom is 0.246 e. The average Bonchev–Trinajstić information content (AvgIpc) is 2.46. The van der Waals surface area contributed by atoms with Crippen LogP contribution in [0.15, 0.2) is 24.3 Å². The second-order valence-electron chi connectivity index (χ2n) is 5.34. The Balaban J connectivity index is 1.60. The standard InChI is InChI=1S/C16H23NO3/c18-14-6-4-5-13(11-14)9-10-17-16(19)12-20-15-7-2-1-3-8-15/h4-6,11,15,18H,1-3,7-10,12H2,(H,17,19). The zero-order valence-electron chi connectivity index (χ0n) is 11.8. The highest BCUT2D eigenvalue weighted by Gasteiger charge is 2.14. The van der Waals surface area contributed by atoms with Crippen molar-refractivity contribution in [3.05, 3.63) is 29.8 Å². The van der Waals surface area contributed by atoms with E-state index < -0.39 is 0 Å². The Morgan fingerprint density at radius 2 is 2.10 bits per heavy atom.